The molecule has 2 aliphatic heterocycles. The standard InChI is InChI=1S/C13H20N2O2S/c1-10-15-7-12(18-10)9-16-11-6-13(17-8-11)2-4-14-5-3-13/h7,11,14H,2-6,8-9H2,1H3. The predicted molar refractivity (Wildman–Crippen MR) is 70.8 cm³/mol. The Labute approximate surface area is 112 Å². The number of nitrogens with one attached hydrogen (secondary N) is 1. The van der Waals surface area contributed by atoms with Crippen LogP contribution in [-0.4, -0.2) is 36.4 Å². The highest BCUT2D eigenvalue weighted by molar-refractivity contribution is 7.11. The van der Waals surface area contributed by atoms with E-state index in [2.05, 4.69) is 10.3 Å². The van der Waals surface area contributed by atoms with Gasteiger partial charge in [-0.2, -0.15) is 0 Å². The minimum Gasteiger partial charge on any atom is -0.372 e. The fourth-order valence-electron chi connectivity index (χ4n) is 2.81. The monoisotopic (exact) mass is 268 g/mol. The number of aryl methyl sites for hydroxylation is 1. The number of ether oxygens (including phenoxy) is 2. The molecule has 1 unspecified atom stereocenters. The number of hydrogen-bond acceptors (Lipinski definition) is 5. The van der Waals surface area contributed by atoms with Gasteiger partial charge in [-0.15, -0.1) is 11.3 Å². The summed E-state index contributed by atoms with van der Waals surface area (Å²) in [6.07, 6.45) is 5.45. The van der Waals surface area contributed by atoms with Crippen LogP contribution in [0.15, 0.2) is 6.20 Å². The maximum absolute atomic E-state index is 6.01. The molecule has 0 radical (unpaired) electrons. The molecule has 1 N–H and O–H groups in total. The molecule has 1 aromatic heterocycles. The van der Waals surface area contributed by atoms with Crippen LogP contribution in [0.2, 0.25) is 0 Å². The molecule has 3 heterocycles. The van der Waals surface area contributed by atoms with Gasteiger partial charge in [0.05, 0.1) is 34.8 Å². The molecule has 18 heavy (non-hydrogen) atoms. The topological polar surface area (TPSA) is 43.4 Å². The number of hydrogen-bond donors (Lipinski definition) is 1. The summed E-state index contributed by atoms with van der Waals surface area (Å²) in [6.45, 7) is 5.59. The molecular formula is C13H20N2O2S. The SMILES string of the molecule is Cc1ncc(COC2COC3(CCNCC3)C2)s1. The predicted octanol–water partition coefficient (Wildman–Crippen LogP) is 1.88. The van der Waals surface area contributed by atoms with E-state index in [0.717, 1.165) is 44.0 Å². The van der Waals surface area contributed by atoms with Crippen LogP contribution in [0.4, 0.5) is 0 Å². The van der Waals surface area contributed by atoms with Crippen molar-refractivity contribution in [1.29, 1.82) is 0 Å². The third-order valence-corrected chi connectivity index (χ3v) is 4.71. The molecule has 1 spiro atoms. The van der Waals surface area contributed by atoms with Crippen LogP contribution in [0, 0.1) is 6.92 Å². The van der Waals surface area contributed by atoms with Gasteiger partial charge in [0.2, 0.25) is 0 Å². The van der Waals surface area contributed by atoms with Crippen LogP contribution in [0.1, 0.15) is 29.1 Å². The van der Waals surface area contributed by atoms with Crippen LogP contribution in [0.5, 0.6) is 0 Å². The summed E-state index contributed by atoms with van der Waals surface area (Å²) in [4.78, 5) is 5.45. The number of thiazole rings is 1. The number of piperidine rings is 1. The molecule has 100 valence electrons. The van der Waals surface area contributed by atoms with E-state index in [9.17, 15) is 0 Å². The smallest absolute Gasteiger partial charge is 0.0897 e. The summed E-state index contributed by atoms with van der Waals surface area (Å²) in [5.41, 5.74) is 0.0968. The zero-order valence-electron chi connectivity index (χ0n) is 10.8. The molecule has 3 rings (SSSR count). The van der Waals surface area contributed by atoms with Gasteiger partial charge in [0.1, 0.15) is 0 Å². The summed E-state index contributed by atoms with van der Waals surface area (Å²) in [5.74, 6) is 0. The minimum absolute atomic E-state index is 0.0968. The van der Waals surface area contributed by atoms with Crippen LogP contribution in [0.25, 0.3) is 0 Å². The van der Waals surface area contributed by atoms with Crippen molar-refractivity contribution in [3.8, 4) is 0 Å². The highest BCUT2D eigenvalue weighted by Crippen LogP contribution is 2.35. The molecule has 5 heteroatoms. The largest absolute Gasteiger partial charge is 0.372 e. The molecular weight excluding hydrogens is 248 g/mol. The molecule has 1 atom stereocenters. The first-order chi connectivity index (χ1) is 8.76. The molecule has 0 bridgehead atoms. The Balaban J connectivity index is 1.50. The van der Waals surface area contributed by atoms with Crippen LogP contribution < -0.4 is 5.32 Å². The van der Waals surface area contributed by atoms with Crippen molar-refractivity contribution in [2.24, 2.45) is 0 Å². The maximum Gasteiger partial charge on any atom is 0.0897 e. The lowest BCUT2D eigenvalue weighted by molar-refractivity contribution is -0.0240. The quantitative estimate of drug-likeness (QED) is 0.909. The highest BCUT2D eigenvalue weighted by Gasteiger charge is 2.41. The average Bonchev–Trinajstić information content (AvgIpc) is 2.96. The van der Waals surface area contributed by atoms with Crippen molar-refractivity contribution >= 4 is 11.3 Å². The van der Waals surface area contributed by atoms with E-state index in [1.807, 2.05) is 13.1 Å². The molecule has 2 fully saturated rings. The molecule has 4 nitrogen and oxygen atoms in total. The first-order valence-electron chi connectivity index (χ1n) is 6.63. The van der Waals surface area contributed by atoms with E-state index in [1.54, 1.807) is 11.3 Å². The van der Waals surface area contributed by atoms with Crippen molar-refractivity contribution in [2.75, 3.05) is 19.7 Å². The van der Waals surface area contributed by atoms with Crippen LogP contribution >= 0.6 is 11.3 Å². The van der Waals surface area contributed by atoms with Crippen molar-refractivity contribution in [3.05, 3.63) is 16.1 Å². The summed E-state index contributed by atoms with van der Waals surface area (Å²) < 4.78 is 12.0. The Hall–Kier alpha value is -0.490. The lowest BCUT2D eigenvalue weighted by atomic mass is 9.89. The average molecular weight is 268 g/mol. The molecule has 1 aromatic rings. The maximum atomic E-state index is 6.01. The van der Waals surface area contributed by atoms with Crippen LogP contribution in [0.3, 0.4) is 0 Å². The van der Waals surface area contributed by atoms with E-state index < -0.39 is 0 Å². The zero-order valence-corrected chi connectivity index (χ0v) is 11.6. The van der Waals surface area contributed by atoms with E-state index in [0.29, 0.717) is 6.61 Å². The first kappa shape index (κ1) is 12.5. The number of aromatic nitrogens is 1. The second kappa shape index (κ2) is 5.25. The van der Waals surface area contributed by atoms with Gasteiger partial charge in [0.25, 0.3) is 0 Å². The highest BCUT2D eigenvalue weighted by atomic mass is 32.1. The second-order valence-electron chi connectivity index (χ2n) is 5.23. The molecule has 0 amide bonds. The third kappa shape index (κ3) is 2.74. The van der Waals surface area contributed by atoms with E-state index in [1.165, 1.54) is 4.88 Å². The van der Waals surface area contributed by atoms with Crippen molar-refractivity contribution in [3.63, 3.8) is 0 Å². The molecule has 2 saturated heterocycles. The van der Waals surface area contributed by atoms with Gasteiger partial charge < -0.3 is 14.8 Å². The van der Waals surface area contributed by atoms with Gasteiger partial charge in [0.15, 0.2) is 0 Å². The fraction of sp³-hybridized carbons (Fsp3) is 0.769. The molecule has 0 aliphatic carbocycles. The van der Waals surface area contributed by atoms with Gasteiger partial charge >= 0.3 is 0 Å². The van der Waals surface area contributed by atoms with Gasteiger partial charge in [-0.25, -0.2) is 4.98 Å². The van der Waals surface area contributed by atoms with Crippen molar-refractivity contribution in [2.45, 2.75) is 44.5 Å². The van der Waals surface area contributed by atoms with Gasteiger partial charge in [-0.1, -0.05) is 0 Å². The number of rotatable bonds is 3. The summed E-state index contributed by atoms with van der Waals surface area (Å²) in [5, 5.41) is 4.49. The van der Waals surface area contributed by atoms with Crippen LogP contribution in [-0.2, 0) is 16.1 Å². The summed E-state index contributed by atoms with van der Waals surface area (Å²) in [6, 6.07) is 0. The van der Waals surface area contributed by atoms with E-state index in [4.69, 9.17) is 9.47 Å². The number of nitrogens with zero attached hydrogens (tertiary/aromatic N) is 1. The van der Waals surface area contributed by atoms with E-state index in [-0.39, 0.29) is 11.7 Å². The van der Waals surface area contributed by atoms with Crippen molar-refractivity contribution < 1.29 is 9.47 Å². The second-order valence-corrected chi connectivity index (χ2v) is 6.55. The molecule has 0 saturated carbocycles. The van der Waals surface area contributed by atoms with Crippen molar-refractivity contribution in [1.82, 2.24) is 10.3 Å². The lowest BCUT2D eigenvalue weighted by Gasteiger charge is -2.32. The molecule has 0 aromatic carbocycles. The zero-order chi connectivity index (χ0) is 12.4. The fourth-order valence-corrected chi connectivity index (χ4v) is 3.53. The molecule has 2 aliphatic rings. The Bertz CT molecular complexity index is 401. The van der Waals surface area contributed by atoms with E-state index >= 15 is 0 Å². The first-order valence-corrected chi connectivity index (χ1v) is 7.45. The summed E-state index contributed by atoms with van der Waals surface area (Å²) >= 11 is 1.71. The van der Waals surface area contributed by atoms with Gasteiger partial charge in [-0.05, 0) is 32.9 Å². The Morgan fingerprint density at radius 1 is 1.56 bits per heavy atom. The van der Waals surface area contributed by atoms with Gasteiger partial charge in [-0.3, -0.25) is 0 Å². The normalized spacial score (nSPS) is 26.8. The lowest BCUT2D eigenvalue weighted by Crippen LogP contribution is -2.41. The Morgan fingerprint density at radius 3 is 3.11 bits per heavy atom. The Morgan fingerprint density at radius 2 is 2.39 bits per heavy atom. The Kier molecular flexibility index (Phi) is 3.66. The minimum atomic E-state index is 0.0968. The third-order valence-electron chi connectivity index (χ3n) is 3.82. The summed E-state index contributed by atoms with van der Waals surface area (Å²) in [7, 11) is 0. The van der Waals surface area contributed by atoms with Gasteiger partial charge in [0, 0.05) is 12.6 Å².